The predicted octanol–water partition coefficient (Wildman–Crippen LogP) is 3.13. The molecule has 0 aliphatic carbocycles. The Bertz CT molecular complexity index is 451. The van der Waals surface area contributed by atoms with E-state index in [0.717, 1.165) is 38.2 Å². The summed E-state index contributed by atoms with van der Waals surface area (Å²) in [5, 5.41) is 9.38. The Kier molecular flexibility index (Phi) is 4.68. The fourth-order valence-corrected chi connectivity index (χ4v) is 2.16. The molecule has 0 aromatic heterocycles. The third kappa shape index (κ3) is 3.64. The SMILES string of the molecule is CCCN(CCC)CC1=COc2cc(O)ccc2O1. The number of rotatable bonds is 6. The molecule has 0 fully saturated rings. The van der Waals surface area contributed by atoms with Crippen LogP contribution in [-0.2, 0) is 0 Å². The molecule has 1 heterocycles. The average molecular weight is 263 g/mol. The van der Waals surface area contributed by atoms with Crippen molar-refractivity contribution in [3.63, 3.8) is 0 Å². The zero-order valence-electron chi connectivity index (χ0n) is 11.6. The summed E-state index contributed by atoms with van der Waals surface area (Å²) in [5.41, 5.74) is 0. The van der Waals surface area contributed by atoms with E-state index in [1.54, 1.807) is 24.5 Å². The molecule has 0 atom stereocenters. The molecule has 0 bridgehead atoms. The second-order valence-electron chi connectivity index (χ2n) is 4.71. The van der Waals surface area contributed by atoms with E-state index in [2.05, 4.69) is 18.7 Å². The number of aromatic hydroxyl groups is 1. The van der Waals surface area contributed by atoms with Gasteiger partial charge < -0.3 is 14.6 Å². The zero-order chi connectivity index (χ0) is 13.7. The largest absolute Gasteiger partial charge is 0.508 e. The summed E-state index contributed by atoms with van der Waals surface area (Å²) in [6, 6.07) is 4.88. The Morgan fingerprint density at radius 3 is 2.53 bits per heavy atom. The highest BCUT2D eigenvalue weighted by Gasteiger charge is 2.16. The van der Waals surface area contributed by atoms with Gasteiger partial charge in [-0.1, -0.05) is 13.8 Å². The fourth-order valence-electron chi connectivity index (χ4n) is 2.16. The maximum absolute atomic E-state index is 9.38. The molecular formula is C15H21NO3. The van der Waals surface area contributed by atoms with Gasteiger partial charge in [-0.05, 0) is 38.1 Å². The topological polar surface area (TPSA) is 41.9 Å². The maximum atomic E-state index is 9.38. The molecule has 1 aromatic carbocycles. The van der Waals surface area contributed by atoms with E-state index in [0.29, 0.717) is 11.5 Å². The average Bonchev–Trinajstić information content (AvgIpc) is 2.39. The van der Waals surface area contributed by atoms with Crippen LogP contribution in [-0.4, -0.2) is 29.6 Å². The van der Waals surface area contributed by atoms with Gasteiger partial charge in [0.25, 0.3) is 0 Å². The van der Waals surface area contributed by atoms with Crippen molar-refractivity contribution >= 4 is 0 Å². The van der Waals surface area contributed by atoms with Gasteiger partial charge in [-0.2, -0.15) is 0 Å². The Balaban J connectivity index is 2.00. The third-order valence-electron chi connectivity index (χ3n) is 2.94. The number of benzene rings is 1. The number of hydrogen-bond donors (Lipinski definition) is 1. The fraction of sp³-hybridized carbons (Fsp3) is 0.467. The highest BCUT2D eigenvalue weighted by molar-refractivity contribution is 5.47. The van der Waals surface area contributed by atoms with Gasteiger partial charge in [0.1, 0.15) is 12.0 Å². The van der Waals surface area contributed by atoms with Crippen LogP contribution >= 0.6 is 0 Å². The van der Waals surface area contributed by atoms with Crippen molar-refractivity contribution < 1.29 is 14.6 Å². The van der Waals surface area contributed by atoms with Crippen molar-refractivity contribution in [2.75, 3.05) is 19.6 Å². The summed E-state index contributed by atoms with van der Waals surface area (Å²) in [7, 11) is 0. The summed E-state index contributed by atoms with van der Waals surface area (Å²) >= 11 is 0. The zero-order valence-corrected chi connectivity index (χ0v) is 11.6. The number of phenolic OH excluding ortho intramolecular Hbond substituents is 1. The van der Waals surface area contributed by atoms with Gasteiger partial charge in [-0.3, -0.25) is 4.90 Å². The van der Waals surface area contributed by atoms with Crippen LogP contribution in [0.3, 0.4) is 0 Å². The number of nitrogens with zero attached hydrogens (tertiary/aromatic N) is 1. The van der Waals surface area contributed by atoms with E-state index >= 15 is 0 Å². The van der Waals surface area contributed by atoms with Crippen LogP contribution in [0.25, 0.3) is 0 Å². The molecule has 0 saturated heterocycles. The first-order chi connectivity index (χ1) is 9.22. The van der Waals surface area contributed by atoms with Crippen LogP contribution in [0, 0.1) is 0 Å². The van der Waals surface area contributed by atoms with E-state index in [1.165, 1.54) is 0 Å². The van der Waals surface area contributed by atoms with Crippen molar-refractivity contribution in [2.24, 2.45) is 0 Å². The van der Waals surface area contributed by atoms with Gasteiger partial charge in [0.15, 0.2) is 17.3 Å². The lowest BCUT2D eigenvalue weighted by molar-refractivity contribution is 0.234. The number of hydrogen-bond acceptors (Lipinski definition) is 4. The smallest absolute Gasteiger partial charge is 0.172 e. The molecule has 1 aliphatic rings. The molecule has 1 aromatic rings. The third-order valence-corrected chi connectivity index (χ3v) is 2.94. The van der Waals surface area contributed by atoms with Crippen LogP contribution in [0.4, 0.5) is 0 Å². The van der Waals surface area contributed by atoms with E-state index in [4.69, 9.17) is 9.47 Å². The molecule has 0 saturated carbocycles. The molecule has 104 valence electrons. The van der Waals surface area contributed by atoms with E-state index in [1.807, 2.05) is 0 Å². The first-order valence-electron chi connectivity index (χ1n) is 6.81. The molecule has 1 aliphatic heterocycles. The van der Waals surface area contributed by atoms with Crippen LogP contribution in [0.2, 0.25) is 0 Å². The molecule has 0 radical (unpaired) electrons. The lowest BCUT2D eigenvalue weighted by Gasteiger charge is -2.24. The first-order valence-corrected chi connectivity index (χ1v) is 6.81. The molecule has 4 nitrogen and oxygen atoms in total. The van der Waals surface area contributed by atoms with Crippen LogP contribution in [0.1, 0.15) is 26.7 Å². The van der Waals surface area contributed by atoms with Crippen molar-refractivity contribution in [3.8, 4) is 17.2 Å². The molecular weight excluding hydrogens is 242 g/mol. The Morgan fingerprint density at radius 1 is 1.11 bits per heavy atom. The molecule has 1 N–H and O–H groups in total. The maximum Gasteiger partial charge on any atom is 0.172 e. The van der Waals surface area contributed by atoms with Gasteiger partial charge in [0.05, 0.1) is 6.54 Å². The highest BCUT2D eigenvalue weighted by Crippen LogP contribution is 2.35. The quantitative estimate of drug-likeness (QED) is 0.856. The molecule has 19 heavy (non-hydrogen) atoms. The highest BCUT2D eigenvalue weighted by atomic mass is 16.6. The van der Waals surface area contributed by atoms with Crippen LogP contribution in [0.15, 0.2) is 30.2 Å². The molecule has 0 amide bonds. The van der Waals surface area contributed by atoms with Gasteiger partial charge in [-0.15, -0.1) is 0 Å². The standard InChI is InChI=1S/C15H21NO3/c1-3-7-16(8-4-2)10-13-11-18-15-9-12(17)5-6-14(15)19-13/h5-6,9,11,17H,3-4,7-8,10H2,1-2H3. The van der Waals surface area contributed by atoms with Crippen LogP contribution < -0.4 is 9.47 Å². The van der Waals surface area contributed by atoms with Gasteiger partial charge in [-0.25, -0.2) is 0 Å². The predicted molar refractivity (Wildman–Crippen MR) is 74.5 cm³/mol. The second-order valence-corrected chi connectivity index (χ2v) is 4.71. The Morgan fingerprint density at radius 2 is 1.84 bits per heavy atom. The summed E-state index contributed by atoms with van der Waals surface area (Å²) in [6.07, 6.45) is 3.87. The lowest BCUT2D eigenvalue weighted by Crippen LogP contribution is -2.29. The van der Waals surface area contributed by atoms with Gasteiger partial charge >= 0.3 is 0 Å². The van der Waals surface area contributed by atoms with Gasteiger partial charge in [0.2, 0.25) is 0 Å². The summed E-state index contributed by atoms with van der Waals surface area (Å²) in [5.74, 6) is 2.20. The first kappa shape index (κ1) is 13.7. The molecule has 2 rings (SSSR count). The summed E-state index contributed by atoms with van der Waals surface area (Å²) < 4.78 is 11.3. The minimum absolute atomic E-state index is 0.179. The summed E-state index contributed by atoms with van der Waals surface area (Å²) in [4.78, 5) is 2.35. The normalized spacial score (nSPS) is 13.5. The van der Waals surface area contributed by atoms with Crippen molar-refractivity contribution in [2.45, 2.75) is 26.7 Å². The van der Waals surface area contributed by atoms with E-state index in [9.17, 15) is 5.11 Å². The van der Waals surface area contributed by atoms with Crippen LogP contribution in [0.5, 0.6) is 17.2 Å². The number of ether oxygens (including phenoxy) is 2. The van der Waals surface area contributed by atoms with Gasteiger partial charge in [0, 0.05) is 6.07 Å². The molecule has 4 heteroatoms. The minimum Gasteiger partial charge on any atom is -0.508 e. The monoisotopic (exact) mass is 263 g/mol. The lowest BCUT2D eigenvalue weighted by atomic mass is 10.3. The second kappa shape index (κ2) is 6.48. The van der Waals surface area contributed by atoms with Crippen molar-refractivity contribution in [3.05, 3.63) is 30.2 Å². The number of phenols is 1. The Hall–Kier alpha value is -1.68. The number of fused-ring (bicyclic) bond motifs is 1. The molecule has 0 unspecified atom stereocenters. The van der Waals surface area contributed by atoms with Crippen molar-refractivity contribution in [1.29, 1.82) is 0 Å². The summed E-state index contributed by atoms with van der Waals surface area (Å²) in [6.45, 7) is 7.20. The van der Waals surface area contributed by atoms with E-state index in [-0.39, 0.29) is 5.75 Å². The van der Waals surface area contributed by atoms with Crippen molar-refractivity contribution in [1.82, 2.24) is 4.90 Å². The van der Waals surface area contributed by atoms with E-state index < -0.39 is 0 Å². The molecule has 0 spiro atoms. The Labute approximate surface area is 114 Å². The minimum atomic E-state index is 0.179.